The quantitative estimate of drug-likeness (QED) is 0.167. The van der Waals surface area contributed by atoms with E-state index >= 15 is 0 Å². The zero-order chi connectivity index (χ0) is 32.5. The number of pyridine rings is 2. The van der Waals surface area contributed by atoms with Crippen molar-refractivity contribution in [3.63, 3.8) is 0 Å². The minimum absolute atomic E-state index is 0. The number of fused-ring (bicyclic) bond motifs is 4. The van der Waals surface area contributed by atoms with Crippen LogP contribution in [0.1, 0.15) is 35.1 Å². The first-order valence-corrected chi connectivity index (χ1v) is 14.5. The minimum Gasteiger partial charge on any atom is -0.500 e. The summed E-state index contributed by atoms with van der Waals surface area (Å²) >= 11 is 0. The Labute approximate surface area is 281 Å². The molecule has 0 saturated carbocycles. The van der Waals surface area contributed by atoms with Crippen molar-refractivity contribution in [3.05, 3.63) is 152 Å². The maximum absolute atomic E-state index is 7.70. The van der Waals surface area contributed by atoms with Crippen LogP contribution in [-0.2, 0) is 20.1 Å². The molecule has 7 aromatic rings. The van der Waals surface area contributed by atoms with Crippen LogP contribution in [0.3, 0.4) is 0 Å². The van der Waals surface area contributed by atoms with Crippen LogP contribution >= 0.6 is 0 Å². The molecule has 0 spiro atoms. The average Bonchev–Trinajstić information content (AvgIpc) is 3.67. The Balaban J connectivity index is 0.000000260. The van der Waals surface area contributed by atoms with E-state index < -0.39 is 6.85 Å². The van der Waals surface area contributed by atoms with Crippen molar-refractivity contribution in [3.8, 4) is 11.3 Å². The molecular weight excluding hydrogens is 733 g/mol. The fourth-order valence-corrected chi connectivity index (χ4v) is 5.54. The van der Waals surface area contributed by atoms with Crippen LogP contribution in [0.15, 0.2) is 126 Å². The maximum Gasteiger partial charge on any atom is 3.00 e. The molecular formula is C39H31IrN4O. The van der Waals surface area contributed by atoms with Crippen LogP contribution < -0.4 is 9.80 Å². The smallest absolute Gasteiger partial charge is 0.500 e. The molecule has 0 unspecified atom stereocenters. The van der Waals surface area contributed by atoms with E-state index in [1.807, 2.05) is 66.7 Å². The summed E-state index contributed by atoms with van der Waals surface area (Å²) in [6, 6.07) is 43.9. The van der Waals surface area contributed by atoms with Crippen LogP contribution in [0, 0.1) is 25.7 Å². The summed E-state index contributed by atoms with van der Waals surface area (Å²) in [6.45, 7) is 4.16. The zero-order valence-corrected chi connectivity index (χ0v) is 27.1. The van der Waals surface area contributed by atoms with Gasteiger partial charge in [-0.05, 0) is 60.4 Å². The Morgan fingerprint density at radius 2 is 1.51 bits per heavy atom. The van der Waals surface area contributed by atoms with E-state index in [0.717, 1.165) is 44.8 Å². The number of anilines is 4. The summed E-state index contributed by atoms with van der Waals surface area (Å²) in [5, 5.41) is 1.64. The number of furan rings is 1. The third kappa shape index (κ3) is 5.87. The van der Waals surface area contributed by atoms with E-state index in [1.54, 1.807) is 18.3 Å². The Bertz CT molecular complexity index is 2130. The molecule has 45 heavy (non-hydrogen) atoms. The summed E-state index contributed by atoms with van der Waals surface area (Å²) in [5.41, 5.74) is 8.14. The fraction of sp³-hybridized carbons (Fsp3) is 0.103. The molecule has 6 heteroatoms. The molecule has 222 valence electrons. The van der Waals surface area contributed by atoms with Gasteiger partial charge in [0.2, 0.25) is 5.71 Å². The van der Waals surface area contributed by atoms with Crippen molar-refractivity contribution in [2.45, 2.75) is 26.6 Å². The van der Waals surface area contributed by atoms with Gasteiger partial charge in [-0.25, -0.2) is 4.98 Å². The van der Waals surface area contributed by atoms with E-state index in [0.29, 0.717) is 17.2 Å². The van der Waals surface area contributed by atoms with Gasteiger partial charge in [0.05, 0.1) is 0 Å². The van der Waals surface area contributed by atoms with Gasteiger partial charge in [-0.3, -0.25) is 0 Å². The number of nitrogens with zero attached hydrogens (tertiary/aromatic N) is 4. The van der Waals surface area contributed by atoms with E-state index in [1.165, 1.54) is 5.56 Å². The molecule has 4 aromatic carbocycles. The van der Waals surface area contributed by atoms with Crippen LogP contribution in [0.5, 0.6) is 0 Å². The predicted molar refractivity (Wildman–Crippen MR) is 179 cm³/mol. The SMILES string of the molecule is [2H]C([2H])([2H])c1ccc2c(n1)oc1c(N3[CH-]N(c4ccccc4C(C)C)c4ccccc43)[c-]ccc12.[Ir+3].[c-]1ccccc1-c1ccccn1. The van der Waals surface area contributed by atoms with Crippen molar-refractivity contribution in [1.82, 2.24) is 9.97 Å². The summed E-state index contributed by atoms with van der Waals surface area (Å²) in [7, 11) is 0. The van der Waals surface area contributed by atoms with Crippen LogP contribution in [0.4, 0.5) is 22.7 Å². The Kier molecular flexibility index (Phi) is 7.73. The molecule has 0 atom stereocenters. The van der Waals surface area contributed by atoms with Gasteiger partial charge in [0.15, 0.2) is 0 Å². The van der Waals surface area contributed by atoms with Crippen LogP contribution in [-0.4, -0.2) is 9.97 Å². The number of hydrogen-bond donors (Lipinski definition) is 0. The van der Waals surface area contributed by atoms with Gasteiger partial charge in [-0.15, -0.1) is 42.6 Å². The monoisotopic (exact) mass is 767 g/mol. The molecule has 0 radical (unpaired) electrons. The Hall–Kier alpha value is -4.77. The molecule has 0 fully saturated rings. The van der Waals surface area contributed by atoms with Gasteiger partial charge >= 0.3 is 20.1 Å². The average molecular weight is 767 g/mol. The molecule has 1 aliphatic heterocycles. The number of aryl methyl sites for hydroxylation is 1. The number of aromatic nitrogens is 2. The van der Waals surface area contributed by atoms with Crippen LogP contribution in [0.25, 0.3) is 33.3 Å². The zero-order valence-electron chi connectivity index (χ0n) is 27.7. The number of rotatable bonds is 4. The molecule has 3 aromatic heterocycles. The molecule has 5 nitrogen and oxygen atoms in total. The van der Waals surface area contributed by atoms with E-state index in [-0.39, 0.29) is 25.8 Å². The van der Waals surface area contributed by atoms with Gasteiger partial charge in [-0.1, -0.05) is 67.4 Å². The largest absolute Gasteiger partial charge is 3.00 e. The molecule has 8 rings (SSSR count). The molecule has 0 aliphatic carbocycles. The van der Waals surface area contributed by atoms with Crippen molar-refractivity contribution in [1.29, 1.82) is 0 Å². The van der Waals surface area contributed by atoms with Gasteiger partial charge in [0.25, 0.3) is 0 Å². The number of para-hydroxylation sites is 3. The van der Waals surface area contributed by atoms with E-state index in [4.69, 9.17) is 8.53 Å². The van der Waals surface area contributed by atoms with Crippen molar-refractivity contribution >= 4 is 44.8 Å². The minimum atomic E-state index is -2.30. The van der Waals surface area contributed by atoms with Crippen LogP contribution in [0.2, 0.25) is 0 Å². The first kappa shape index (κ1) is 26.6. The molecule has 0 saturated heterocycles. The van der Waals surface area contributed by atoms with Gasteiger partial charge in [0.1, 0.15) is 0 Å². The van der Waals surface area contributed by atoms with Crippen molar-refractivity contribution in [2.24, 2.45) is 0 Å². The van der Waals surface area contributed by atoms with Gasteiger partial charge < -0.3 is 19.2 Å². The summed E-state index contributed by atoms with van der Waals surface area (Å²) < 4.78 is 29.3. The van der Waals surface area contributed by atoms with Crippen molar-refractivity contribution < 1.29 is 28.6 Å². The standard InChI is InChI=1S/C28H23N3O.C11H8N.Ir/c1-18(2)20-9-4-5-11-23(20)30-17-31(25-13-7-6-12-24(25)30)26-14-8-10-21-22-16-15-19(3)29-28(22)32-27(21)26;1-2-6-10(7-3-1)11-8-4-5-9-12-11;/h4-13,15-18H,1-3H3;1-6,8-9H;/q-2;-1;+3/i3D3;;. The third-order valence-electron chi connectivity index (χ3n) is 7.62. The molecule has 0 amide bonds. The topological polar surface area (TPSA) is 45.4 Å². The molecule has 1 aliphatic rings. The maximum atomic E-state index is 7.70. The second-order valence-electron chi connectivity index (χ2n) is 10.8. The fourth-order valence-electron chi connectivity index (χ4n) is 5.54. The van der Waals surface area contributed by atoms with E-state index in [9.17, 15) is 0 Å². The predicted octanol–water partition coefficient (Wildman–Crippen LogP) is 10.2. The Morgan fingerprint density at radius 1 is 0.756 bits per heavy atom. The molecule has 4 heterocycles. The van der Waals surface area contributed by atoms with Gasteiger partial charge in [0, 0.05) is 44.0 Å². The molecule has 0 bridgehead atoms. The third-order valence-corrected chi connectivity index (χ3v) is 7.62. The first-order chi connectivity index (χ1) is 22.8. The summed E-state index contributed by atoms with van der Waals surface area (Å²) in [5.74, 6) is 0.365. The van der Waals surface area contributed by atoms with Gasteiger partial charge in [-0.2, -0.15) is 18.2 Å². The second kappa shape index (κ2) is 13.1. The van der Waals surface area contributed by atoms with Crippen molar-refractivity contribution in [2.75, 3.05) is 9.80 Å². The first-order valence-electron chi connectivity index (χ1n) is 16.0. The second-order valence-corrected chi connectivity index (χ2v) is 10.8. The normalized spacial score (nSPS) is 13.4. The summed E-state index contributed by atoms with van der Waals surface area (Å²) in [6.07, 6.45) is 1.79. The Morgan fingerprint density at radius 3 is 2.24 bits per heavy atom. The number of hydrogen-bond acceptors (Lipinski definition) is 5. The molecule has 0 N–H and O–H groups in total. The van der Waals surface area contributed by atoms with E-state index in [2.05, 4.69) is 88.8 Å². The summed E-state index contributed by atoms with van der Waals surface area (Å²) in [4.78, 5) is 12.8. The number of benzene rings is 4.